The Hall–Kier alpha value is -1.54. The third-order valence-corrected chi connectivity index (χ3v) is 4.37. The second-order valence-corrected chi connectivity index (χ2v) is 6.39. The molecule has 0 fully saturated rings. The van der Waals surface area contributed by atoms with Gasteiger partial charge in [0.05, 0.1) is 6.61 Å². The zero-order valence-electron chi connectivity index (χ0n) is 10.8. The lowest BCUT2D eigenvalue weighted by Gasteiger charge is -2.10. The quantitative estimate of drug-likeness (QED) is 0.876. The molecule has 0 aliphatic rings. The van der Waals surface area contributed by atoms with Gasteiger partial charge in [0.15, 0.2) is 0 Å². The van der Waals surface area contributed by atoms with Crippen LogP contribution in [0, 0.1) is 5.82 Å². The molecule has 0 unspecified atom stereocenters. The summed E-state index contributed by atoms with van der Waals surface area (Å²) in [4.78, 5) is 3.22. The average molecular weight is 331 g/mol. The summed E-state index contributed by atoms with van der Waals surface area (Å²) in [5, 5.41) is 9.05. The smallest absolute Gasteiger partial charge is 0.243 e. The van der Waals surface area contributed by atoms with E-state index in [9.17, 15) is 12.8 Å². The second-order valence-electron chi connectivity index (χ2n) is 4.22. The van der Waals surface area contributed by atoms with Crippen LogP contribution < -0.4 is 4.72 Å². The minimum absolute atomic E-state index is 0.00867. The van der Waals surface area contributed by atoms with Crippen molar-refractivity contribution in [3.63, 3.8) is 0 Å². The van der Waals surface area contributed by atoms with Crippen LogP contribution in [0.15, 0.2) is 41.6 Å². The van der Waals surface area contributed by atoms with E-state index in [0.29, 0.717) is 5.56 Å². The van der Waals surface area contributed by atoms with Crippen LogP contribution in [0.1, 0.15) is 11.1 Å². The summed E-state index contributed by atoms with van der Waals surface area (Å²) in [5.41, 5.74) is 0.505. The Morgan fingerprint density at radius 1 is 1.29 bits per heavy atom. The van der Waals surface area contributed by atoms with Gasteiger partial charge in [-0.15, -0.1) is 0 Å². The average Bonchev–Trinajstić information content (AvgIpc) is 2.48. The van der Waals surface area contributed by atoms with E-state index in [4.69, 9.17) is 16.7 Å². The van der Waals surface area contributed by atoms with Crippen molar-refractivity contribution in [2.24, 2.45) is 0 Å². The minimum atomic E-state index is -4.09. The lowest BCUT2D eigenvalue weighted by Crippen LogP contribution is -2.24. The summed E-state index contributed by atoms with van der Waals surface area (Å²) < 4.78 is 40.6. The standard InChI is InChI=1S/C13H12ClFN2O3S/c14-11-5-10(8-18)13(15)12(6-11)21(19,20)17-7-9-1-3-16-4-2-9/h1-6,17-18H,7-8H2. The van der Waals surface area contributed by atoms with Crippen molar-refractivity contribution in [2.45, 2.75) is 18.0 Å². The molecule has 21 heavy (non-hydrogen) atoms. The highest BCUT2D eigenvalue weighted by Gasteiger charge is 2.22. The van der Waals surface area contributed by atoms with E-state index in [1.807, 2.05) is 0 Å². The van der Waals surface area contributed by atoms with Gasteiger partial charge in [-0.3, -0.25) is 4.98 Å². The number of aliphatic hydroxyl groups excluding tert-OH is 1. The van der Waals surface area contributed by atoms with Crippen molar-refractivity contribution >= 4 is 21.6 Å². The zero-order valence-corrected chi connectivity index (χ0v) is 12.3. The minimum Gasteiger partial charge on any atom is -0.392 e. The fourth-order valence-electron chi connectivity index (χ4n) is 1.69. The Morgan fingerprint density at radius 2 is 1.95 bits per heavy atom. The van der Waals surface area contributed by atoms with E-state index in [2.05, 4.69) is 9.71 Å². The van der Waals surface area contributed by atoms with Crippen molar-refractivity contribution < 1.29 is 17.9 Å². The molecule has 0 amide bonds. The molecule has 1 aromatic carbocycles. The summed E-state index contributed by atoms with van der Waals surface area (Å²) in [7, 11) is -4.09. The second kappa shape index (κ2) is 6.48. The van der Waals surface area contributed by atoms with Gasteiger partial charge in [-0.25, -0.2) is 17.5 Å². The van der Waals surface area contributed by atoms with Gasteiger partial charge < -0.3 is 5.11 Å². The summed E-state index contributed by atoms with van der Waals surface area (Å²) in [6, 6.07) is 5.45. The Labute approximate surface area is 126 Å². The fraction of sp³-hybridized carbons (Fsp3) is 0.154. The van der Waals surface area contributed by atoms with Crippen LogP contribution in [0.4, 0.5) is 4.39 Å². The van der Waals surface area contributed by atoms with Crippen molar-refractivity contribution in [3.05, 3.63) is 58.6 Å². The van der Waals surface area contributed by atoms with Crippen LogP contribution in [-0.2, 0) is 23.2 Å². The highest BCUT2D eigenvalue weighted by molar-refractivity contribution is 7.89. The molecule has 0 aliphatic carbocycles. The first-order chi connectivity index (χ1) is 9.94. The Kier molecular flexibility index (Phi) is 4.89. The van der Waals surface area contributed by atoms with Gasteiger partial charge in [-0.1, -0.05) is 11.6 Å². The molecule has 0 aliphatic heterocycles. The van der Waals surface area contributed by atoms with Gasteiger partial charge in [0.1, 0.15) is 10.7 Å². The maximum absolute atomic E-state index is 14.0. The summed E-state index contributed by atoms with van der Waals surface area (Å²) in [6.45, 7) is -0.648. The number of hydrogen-bond acceptors (Lipinski definition) is 4. The van der Waals surface area contributed by atoms with Gasteiger partial charge in [0, 0.05) is 29.5 Å². The summed E-state index contributed by atoms with van der Waals surface area (Å²) in [5.74, 6) is -1.01. The predicted molar refractivity (Wildman–Crippen MR) is 75.6 cm³/mol. The normalized spacial score (nSPS) is 11.6. The monoisotopic (exact) mass is 330 g/mol. The SMILES string of the molecule is O=S(=O)(NCc1ccncc1)c1cc(Cl)cc(CO)c1F. The predicted octanol–water partition coefficient (Wildman–Crippen LogP) is 1.84. The first kappa shape index (κ1) is 15.8. The number of rotatable bonds is 5. The Morgan fingerprint density at radius 3 is 2.57 bits per heavy atom. The van der Waals surface area contributed by atoms with Crippen LogP contribution in [0.3, 0.4) is 0 Å². The van der Waals surface area contributed by atoms with Crippen LogP contribution in [-0.4, -0.2) is 18.5 Å². The number of benzene rings is 1. The lowest BCUT2D eigenvalue weighted by atomic mass is 10.2. The maximum atomic E-state index is 14.0. The van der Waals surface area contributed by atoms with Gasteiger partial charge in [0.2, 0.25) is 10.0 Å². The van der Waals surface area contributed by atoms with Crippen molar-refractivity contribution in [1.29, 1.82) is 0 Å². The van der Waals surface area contributed by atoms with Crippen molar-refractivity contribution in [1.82, 2.24) is 9.71 Å². The van der Waals surface area contributed by atoms with E-state index >= 15 is 0 Å². The number of sulfonamides is 1. The molecular weight excluding hydrogens is 319 g/mol. The number of nitrogens with zero attached hydrogens (tertiary/aromatic N) is 1. The number of hydrogen-bond donors (Lipinski definition) is 2. The van der Waals surface area contributed by atoms with E-state index in [-0.39, 0.29) is 17.1 Å². The molecule has 8 heteroatoms. The van der Waals surface area contributed by atoms with E-state index in [0.717, 1.165) is 6.07 Å². The maximum Gasteiger partial charge on any atom is 0.243 e. The molecule has 2 aromatic rings. The fourth-order valence-corrected chi connectivity index (χ4v) is 3.15. The van der Waals surface area contributed by atoms with Gasteiger partial charge in [0.25, 0.3) is 0 Å². The molecular formula is C13H12ClFN2O3S. The first-order valence-electron chi connectivity index (χ1n) is 5.91. The van der Waals surface area contributed by atoms with Crippen LogP contribution in [0.2, 0.25) is 5.02 Å². The molecule has 1 heterocycles. The molecule has 0 radical (unpaired) electrons. The van der Waals surface area contributed by atoms with Gasteiger partial charge >= 0.3 is 0 Å². The molecule has 5 nitrogen and oxygen atoms in total. The topological polar surface area (TPSA) is 79.3 Å². The van der Waals surface area contributed by atoms with Gasteiger partial charge in [-0.2, -0.15) is 0 Å². The molecule has 0 spiro atoms. The molecule has 2 rings (SSSR count). The van der Waals surface area contributed by atoms with Crippen molar-refractivity contribution in [2.75, 3.05) is 0 Å². The highest BCUT2D eigenvalue weighted by atomic mass is 35.5. The van der Waals surface area contributed by atoms with Crippen LogP contribution in [0.25, 0.3) is 0 Å². The van der Waals surface area contributed by atoms with E-state index < -0.39 is 27.3 Å². The molecule has 0 saturated heterocycles. The van der Waals surface area contributed by atoms with Crippen molar-refractivity contribution in [3.8, 4) is 0 Å². The highest BCUT2D eigenvalue weighted by Crippen LogP contribution is 2.24. The number of halogens is 2. The first-order valence-corrected chi connectivity index (χ1v) is 7.77. The van der Waals surface area contributed by atoms with E-state index in [1.54, 1.807) is 12.1 Å². The van der Waals surface area contributed by atoms with Crippen LogP contribution >= 0.6 is 11.6 Å². The molecule has 112 valence electrons. The number of pyridine rings is 1. The molecule has 0 atom stereocenters. The Bertz CT molecular complexity index is 739. The third-order valence-electron chi connectivity index (χ3n) is 2.75. The van der Waals surface area contributed by atoms with E-state index in [1.165, 1.54) is 18.5 Å². The molecule has 0 saturated carbocycles. The number of aromatic nitrogens is 1. The summed E-state index contributed by atoms with van der Waals surface area (Å²) >= 11 is 5.75. The number of aliphatic hydroxyl groups is 1. The zero-order chi connectivity index (χ0) is 15.5. The number of nitrogens with one attached hydrogen (secondary N) is 1. The van der Waals surface area contributed by atoms with Crippen LogP contribution in [0.5, 0.6) is 0 Å². The molecule has 0 bridgehead atoms. The lowest BCUT2D eigenvalue weighted by molar-refractivity contribution is 0.274. The molecule has 2 N–H and O–H groups in total. The Balaban J connectivity index is 2.30. The largest absolute Gasteiger partial charge is 0.392 e. The molecule has 1 aromatic heterocycles. The third kappa shape index (κ3) is 3.76. The summed E-state index contributed by atoms with van der Waals surface area (Å²) in [6.07, 6.45) is 3.04. The van der Waals surface area contributed by atoms with Gasteiger partial charge in [-0.05, 0) is 29.8 Å².